The standard InChI is InChI=1S/C26H18FN3O4S/c1-15(23(31)30-26-29-21(14-35-26)16-10-12-17(27)13-11-16)33-25(32)19-7-3-2-6-18(19)24-28-20-8-4-5-9-22(20)34-24/h2-15H,1H3,(H,29,30,31). The van der Waals surface area contributed by atoms with Gasteiger partial charge in [0.25, 0.3) is 5.91 Å². The normalized spacial score (nSPS) is 11.8. The van der Waals surface area contributed by atoms with Crippen LogP contribution in [-0.4, -0.2) is 27.9 Å². The minimum absolute atomic E-state index is 0.228. The molecule has 1 N–H and O–H groups in total. The van der Waals surface area contributed by atoms with Crippen molar-refractivity contribution < 1.29 is 23.1 Å². The van der Waals surface area contributed by atoms with E-state index in [0.29, 0.717) is 27.5 Å². The zero-order valence-electron chi connectivity index (χ0n) is 18.4. The van der Waals surface area contributed by atoms with Crippen LogP contribution in [0.15, 0.2) is 82.6 Å². The molecule has 0 spiro atoms. The Morgan fingerprint density at radius 1 is 1.00 bits per heavy atom. The summed E-state index contributed by atoms with van der Waals surface area (Å²) in [7, 11) is 0. The Labute approximate surface area is 203 Å². The number of fused-ring (bicyclic) bond motifs is 1. The van der Waals surface area contributed by atoms with Gasteiger partial charge in [0.2, 0.25) is 5.89 Å². The Kier molecular flexibility index (Phi) is 6.07. The molecule has 5 rings (SSSR count). The van der Waals surface area contributed by atoms with E-state index in [1.165, 1.54) is 30.4 Å². The third-order valence-corrected chi connectivity index (χ3v) is 5.96. The minimum atomic E-state index is -1.09. The number of benzene rings is 3. The van der Waals surface area contributed by atoms with Gasteiger partial charge in [0.05, 0.1) is 16.8 Å². The van der Waals surface area contributed by atoms with Crippen LogP contribution < -0.4 is 5.32 Å². The van der Waals surface area contributed by atoms with E-state index >= 15 is 0 Å². The Bertz CT molecular complexity index is 1490. The van der Waals surface area contributed by atoms with E-state index in [0.717, 1.165) is 5.56 Å². The number of esters is 1. The molecule has 2 heterocycles. The Morgan fingerprint density at radius 3 is 2.54 bits per heavy atom. The molecule has 0 bridgehead atoms. The van der Waals surface area contributed by atoms with Gasteiger partial charge >= 0.3 is 5.97 Å². The summed E-state index contributed by atoms with van der Waals surface area (Å²) in [5.41, 5.74) is 3.28. The summed E-state index contributed by atoms with van der Waals surface area (Å²) < 4.78 is 24.4. The molecule has 1 atom stereocenters. The average molecular weight is 488 g/mol. The zero-order valence-corrected chi connectivity index (χ0v) is 19.2. The fourth-order valence-corrected chi connectivity index (χ4v) is 4.13. The lowest BCUT2D eigenvalue weighted by Gasteiger charge is -2.13. The summed E-state index contributed by atoms with van der Waals surface area (Å²) in [4.78, 5) is 34.4. The van der Waals surface area contributed by atoms with Gasteiger partial charge in [-0.1, -0.05) is 24.3 Å². The second kappa shape index (κ2) is 9.47. The lowest BCUT2D eigenvalue weighted by Crippen LogP contribution is -2.30. The van der Waals surface area contributed by atoms with Gasteiger partial charge in [-0.25, -0.2) is 19.2 Å². The Balaban J connectivity index is 1.28. The van der Waals surface area contributed by atoms with E-state index in [4.69, 9.17) is 9.15 Å². The highest BCUT2D eigenvalue weighted by Crippen LogP contribution is 2.28. The molecule has 9 heteroatoms. The molecule has 0 radical (unpaired) electrons. The molecular weight excluding hydrogens is 469 g/mol. The number of oxazole rings is 1. The van der Waals surface area contributed by atoms with Crippen LogP contribution in [-0.2, 0) is 9.53 Å². The van der Waals surface area contributed by atoms with Crippen LogP contribution in [0.4, 0.5) is 9.52 Å². The van der Waals surface area contributed by atoms with Gasteiger partial charge in [-0.15, -0.1) is 11.3 Å². The number of ether oxygens (including phenoxy) is 1. The molecule has 1 unspecified atom stereocenters. The van der Waals surface area contributed by atoms with Crippen molar-refractivity contribution in [2.45, 2.75) is 13.0 Å². The molecule has 5 aromatic rings. The van der Waals surface area contributed by atoms with Gasteiger partial charge in [0, 0.05) is 10.9 Å². The van der Waals surface area contributed by atoms with E-state index in [-0.39, 0.29) is 17.3 Å². The first-order valence-corrected chi connectivity index (χ1v) is 11.5. The zero-order chi connectivity index (χ0) is 24.4. The number of amides is 1. The molecule has 0 saturated heterocycles. The number of nitrogens with zero attached hydrogens (tertiary/aromatic N) is 2. The number of thiazole rings is 1. The second-order valence-corrected chi connectivity index (χ2v) is 8.47. The highest BCUT2D eigenvalue weighted by atomic mass is 32.1. The molecular formula is C26H18FN3O4S. The molecule has 174 valence electrons. The lowest BCUT2D eigenvalue weighted by atomic mass is 10.1. The number of nitrogens with one attached hydrogen (secondary N) is 1. The smallest absolute Gasteiger partial charge is 0.339 e. The summed E-state index contributed by atoms with van der Waals surface area (Å²) in [6, 6.07) is 19.9. The maximum Gasteiger partial charge on any atom is 0.339 e. The molecule has 2 aromatic heterocycles. The monoisotopic (exact) mass is 487 g/mol. The van der Waals surface area contributed by atoms with Crippen molar-refractivity contribution in [2.75, 3.05) is 5.32 Å². The maximum absolute atomic E-state index is 13.1. The fourth-order valence-electron chi connectivity index (χ4n) is 3.40. The maximum atomic E-state index is 13.1. The van der Waals surface area contributed by atoms with Gasteiger partial charge < -0.3 is 9.15 Å². The number of para-hydroxylation sites is 2. The largest absolute Gasteiger partial charge is 0.449 e. The molecule has 35 heavy (non-hydrogen) atoms. The van der Waals surface area contributed by atoms with Crippen LogP contribution in [0.25, 0.3) is 33.8 Å². The van der Waals surface area contributed by atoms with Crippen molar-refractivity contribution in [1.29, 1.82) is 0 Å². The second-order valence-electron chi connectivity index (χ2n) is 7.61. The topological polar surface area (TPSA) is 94.3 Å². The first kappa shape index (κ1) is 22.4. The number of halogens is 1. The van der Waals surface area contributed by atoms with Gasteiger partial charge in [-0.3, -0.25) is 10.1 Å². The Morgan fingerprint density at radius 2 is 1.74 bits per heavy atom. The fraction of sp³-hybridized carbons (Fsp3) is 0.0769. The number of aromatic nitrogens is 2. The van der Waals surface area contributed by atoms with Crippen LogP contribution in [0.3, 0.4) is 0 Å². The van der Waals surface area contributed by atoms with Crippen molar-refractivity contribution in [3.63, 3.8) is 0 Å². The summed E-state index contributed by atoms with van der Waals surface area (Å²) >= 11 is 1.21. The van der Waals surface area contributed by atoms with Crippen LogP contribution in [0.2, 0.25) is 0 Å². The number of hydrogen-bond donors (Lipinski definition) is 1. The van der Waals surface area contributed by atoms with Crippen LogP contribution in [0, 0.1) is 5.82 Å². The van der Waals surface area contributed by atoms with Crippen molar-refractivity contribution in [1.82, 2.24) is 9.97 Å². The summed E-state index contributed by atoms with van der Waals surface area (Å²) in [5, 5.41) is 4.73. The first-order valence-electron chi connectivity index (χ1n) is 10.7. The van der Waals surface area contributed by atoms with Crippen LogP contribution in [0.5, 0.6) is 0 Å². The van der Waals surface area contributed by atoms with Gasteiger partial charge in [0.15, 0.2) is 16.8 Å². The van der Waals surface area contributed by atoms with Gasteiger partial charge in [-0.05, 0) is 55.5 Å². The number of anilines is 1. The van der Waals surface area contributed by atoms with Crippen molar-refractivity contribution in [3.05, 3.63) is 89.6 Å². The molecule has 0 saturated carbocycles. The predicted molar refractivity (Wildman–Crippen MR) is 130 cm³/mol. The minimum Gasteiger partial charge on any atom is -0.449 e. The summed E-state index contributed by atoms with van der Waals surface area (Å²) in [6.45, 7) is 1.48. The van der Waals surface area contributed by atoms with Crippen LogP contribution in [0.1, 0.15) is 17.3 Å². The Hall–Kier alpha value is -4.37. The van der Waals surface area contributed by atoms with Crippen molar-refractivity contribution in [2.24, 2.45) is 0 Å². The lowest BCUT2D eigenvalue weighted by molar-refractivity contribution is -0.123. The predicted octanol–water partition coefficient (Wildman–Crippen LogP) is 5.94. The molecule has 0 aliphatic carbocycles. The molecule has 0 aliphatic rings. The highest BCUT2D eigenvalue weighted by molar-refractivity contribution is 7.14. The van der Waals surface area contributed by atoms with Crippen molar-refractivity contribution in [3.8, 4) is 22.7 Å². The quantitative estimate of drug-likeness (QED) is 0.298. The van der Waals surface area contributed by atoms with Gasteiger partial charge in [0.1, 0.15) is 11.3 Å². The van der Waals surface area contributed by atoms with E-state index in [1.54, 1.807) is 47.8 Å². The SMILES string of the molecule is CC(OC(=O)c1ccccc1-c1nc2ccccc2o1)C(=O)Nc1nc(-c2ccc(F)cc2)cs1. The van der Waals surface area contributed by atoms with E-state index < -0.39 is 18.0 Å². The highest BCUT2D eigenvalue weighted by Gasteiger charge is 2.23. The van der Waals surface area contributed by atoms with E-state index in [2.05, 4.69) is 15.3 Å². The van der Waals surface area contributed by atoms with E-state index in [9.17, 15) is 14.0 Å². The van der Waals surface area contributed by atoms with Crippen molar-refractivity contribution >= 4 is 39.4 Å². The first-order chi connectivity index (χ1) is 17.0. The molecule has 0 aliphatic heterocycles. The number of carbonyl (C=O) groups excluding carboxylic acids is 2. The number of hydrogen-bond acceptors (Lipinski definition) is 7. The molecule has 3 aromatic carbocycles. The third kappa shape index (κ3) is 4.80. The van der Waals surface area contributed by atoms with Gasteiger partial charge in [-0.2, -0.15) is 0 Å². The van der Waals surface area contributed by atoms with Crippen LogP contribution >= 0.6 is 11.3 Å². The average Bonchev–Trinajstić information content (AvgIpc) is 3.51. The molecule has 7 nitrogen and oxygen atoms in total. The molecule has 0 fully saturated rings. The third-order valence-electron chi connectivity index (χ3n) is 5.20. The van der Waals surface area contributed by atoms with E-state index in [1.807, 2.05) is 18.2 Å². The summed E-state index contributed by atoms with van der Waals surface area (Å²) in [6.07, 6.45) is -1.09. The molecule has 1 amide bonds. The summed E-state index contributed by atoms with van der Waals surface area (Å²) in [5.74, 6) is -1.27. The number of rotatable bonds is 6. The number of carbonyl (C=O) groups is 2.